The normalized spacial score (nSPS) is 10.5. The molecule has 1 heterocycles. The summed E-state index contributed by atoms with van der Waals surface area (Å²) in [5.41, 5.74) is 2.28. The van der Waals surface area contributed by atoms with E-state index in [1.165, 1.54) is 12.7 Å². The van der Waals surface area contributed by atoms with E-state index in [-0.39, 0.29) is 12.5 Å². The average molecular weight is 203 g/mol. The Labute approximate surface area is 88.3 Å². The predicted molar refractivity (Wildman–Crippen MR) is 58.7 cm³/mol. The Bertz CT molecular complexity index is 499. The van der Waals surface area contributed by atoms with Crippen molar-refractivity contribution in [2.75, 3.05) is 7.11 Å². The monoisotopic (exact) mass is 203 g/mol. The lowest BCUT2D eigenvalue weighted by molar-refractivity contribution is -0.141. The van der Waals surface area contributed by atoms with E-state index in [9.17, 15) is 4.79 Å². The van der Waals surface area contributed by atoms with Gasteiger partial charge in [0.05, 0.1) is 7.11 Å². The Kier molecular flexibility index (Phi) is 2.46. The summed E-state index contributed by atoms with van der Waals surface area (Å²) >= 11 is 0. The van der Waals surface area contributed by atoms with E-state index in [1.54, 1.807) is 0 Å². The molecule has 0 saturated heterocycles. The third-order valence-corrected chi connectivity index (χ3v) is 2.45. The van der Waals surface area contributed by atoms with Crippen LogP contribution in [0.1, 0.15) is 5.56 Å². The van der Waals surface area contributed by atoms with Gasteiger partial charge in [-0.1, -0.05) is 11.6 Å². The Hall–Kier alpha value is -1.77. The lowest BCUT2D eigenvalue weighted by atomic mass is 10.2. The molecule has 0 spiro atoms. The Balaban J connectivity index is 2.41. The second-order valence-corrected chi connectivity index (χ2v) is 3.58. The van der Waals surface area contributed by atoms with Crippen LogP contribution in [0.25, 0.3) is 10.9 Å². The molecule has 0 atom stereocenters. The Morgan fingerprint density at radius 2 is 2.20 bits per heavy atom. The zero-order valence-electron chi connectivity index (χ0n) is 8.86. The van der Waals surface area contributed by atoms with Gasteiger partial charge in [0.15, 0.2) is 0 Å². The van der Waals surface area contributed by atoms with Crippen LogP contribution in [0.15, 0.2) is 30.5 Å². The molecule has 0 unspecified atom stereocenters. The fourth-order valence-electron chi connectivity index (χ4n) is 1.66. The number of esters is 1. The van der Waals surface area contributed by atoms with Gasteiger partial charge in [-0.05, 0) is 30.5 Å². The molecule has 2 rings (SSSR count). The highest BCUT2D eigenvalue weighted by Gasteiger charge is 2.05. The minimum absolute atomic E-state index is 0.229. The predicted octanol–water partition coefficient (Wildman–Crippen LogP) is 2.12. The first-order chi connectivity index (χ1) is 7.20. The van der Waals surface area contributed by atoms with E-state index < -0.39 is 0 Å². The van der Waals surface area contributed by atoms with Crippen LogP contribution in [0.4, 0.5) is 0 Å². The fraction of sp³-hybridized carbons (Fsp3) is 0.250. The number of benzene rings is 1. The number of aryl methyl sites for hydroxylation is 1. The maximum atomic E-state index is 11.1. The minimum atomic E-state index is -0.229. The molecule has 0 aliphatic rings. The first-order valence-corrected chi connectivity index (χ1v) is 4.83. The quantitative estimate of drug-likeness (QED) is 0.700. The van der Waals surface area contributed by atoms with Crippen LogP contribution in [-0.4, -0.2) is 17.6 Å². The molecule has 0 N–H and O–H groups in total. The Morgan fingerprint density at radius 3 is 2.93 bits per heavy atom. The standard InChI is InChI=1S/C12H13NO2/c1-9-3-4-11-10(7-9)5-6-13(11)8-12(14)15-2/h3-7H,8H2,1-2H3. The smallest absolute Gasteiger partial charge is 0.325 e. The van der Waals surface area contributed by atoms with Gasteiger partial charge in [-0.15, -0.1) is 0 Å². The number of ether oxygens (including phenoxy) is 1. The molecule has 3 nitrogen and oxygen atoms in total. The largest absolute Gasteiger partial charge is 0.468 e. The average Bonchev–Trinajstić information content (AvgIpc) is 2.60. The van der Waals surface area contributed by atoms with Gasteiger partial charge in [-0.3, -0.25) is 4.79 Å². The summed E-state index contributed by atoms with van der Waals surface area (Å²) < 4.78 is 6.53. The highest BCUT2D eigenvalue weighted by molar-refractivity contribution is 5.82. The lowest BCUT2D eigenvalue weighted by Gasteiger charge is -2.03. The van der Waals surface area contributed by atoms with Crippen molar-refractivity contribution in [1.82, 2.24) is 4.57 Å². The highest BCUT2D eigenvalue weighted by atomic mass is 16.5. The third-order valence-electron chi connectivity index (χ3n) is 2.45. The maximum Gasteiger partial charge on any atom is 0.325 e. The highest BCUT2D eigenvalue weighted by Crippen LogP contribution is 2.17. The molecule has 0 aliphatic heterocycles. The molecule has 3 heteroatoms. The molecular formula is C12H13NO2. The number of hydrogen-bond acceptors (Lipinski definition) is 2. The molecule has 0 saturated carbocycles. The number of nitrogens with zero attached hydrogens (tertiary/aromatic N) is 1. The molecule has 0 radical (unpaired) electrons. The number of rotatable bonds is 2. The van der Waals surface area contributed by atoms with Crippen molar-refractivity contribution in [3.05, 3.63) is 36.0 Å². The van der Waals surface area contributed by atoms with Crippen LogP contribution in [-0.2, 0) is 16.1 Å². The number of fused-ring (bicyclic) bond motifs is 1. The third kappa shape index (κ3) is 1.86. The molecule has 0 bridgehead atoms. The number of methoxy groups -OCH3 is 1. The molecule has 0 aliphatic carbocycles. The molecule has 0 fully saturated rings. The summed E-state index contributed by atoms with van der Waals surface area (Å²) in [7, 11) is 1.40. The van der Waals surface area contributed by atoms with E-state index in [0.717, 1.165) is 10.9 Å². The van der Waals surface area contributed by atoms with Crippen LogP contribution < -0.4 is 0 Å². The summed E-state index contributed by atoms with van der Waals surface area (Å²) in [4.78, 5) is 11.1. The molecule has 15 heavy (non-hydrogen) atoms. The van der Waals surface area contributed by atoms with Gasteiger partial charge >= 0.3 is 5.97 Å². The molecule has 78 valence electrons. The second-order valence-electron chi connectivity index (χ2n) is 3.58. The van der Waals surface area contributed by atoms with Gasteiger partial charge in [0.25, 0.3) is 0 Å². The first kappa shape index (κ1) is 9.77. The lowest BCUT2D eigenvalue weighted by Crippen LogP contribution is -2.10. The van der Waals surface area contributed by atoms with E-state index >= 15 is 0 Å². The van der Waals surface area contributed by atoms with Crippen LogP contribution in [0, 0.1) is 6.92 Å². The topological polar surface area (TPSA) is 31.2 Å². The summed E-state index contributed by atoms with van der Waals surface area (Å²) in [5, 5.41) is 1.15. The van der Waals surface area contributed by atoms with Gasteiger partial charge in [0.1, 0.15) is 6.54 Å². The van der Waals surface area contributed by atoms with Gasteiger partial charge in [0, 0.05) is 11.7 Å². The molecule has 1 aromatic heterocycles. The zero-order valence-corrected chi connectivity index (χ0v) is 8.86. The number of aromatic nitrogens is 1. The SMILES string of the molecule is COC(=O)Cn1ccc2cc(C)ccc21. The summed E-state index contributed by atoms with van der Waals surface area (Å²) in [6, 6.07) is 8.16. The second kappa shape index (κ2) is 3.77. The van der Waals surface area contributed by atoms with Crippen molar-refractivity contribution >= 4 is 16.9 Å². The van der Waals surface area contributed by atoms with Crippen LogP contribution in [0.5, 0.6) is 0 Å². The molecule has 2 aromatic rings. The summed E-state index contributed by atoms with van der Waals surface area (Å²) in [5.74, 6) is -0.229. The summed E-state index contributed by atoms with van der Waals surface area (Å²) in [6.07, 6.45) is 1.90. The zero-order chi connectivity index (χ0) is 10.8. The summed E-state index contributed by atoms with van der Waals surface area (Å²) in [6.45, 7) is 2.32. The first-order valence-electron chi connectivity index (χ1n) is 4.83. The van der Waals surface area contributed by atoms with Crippen LogP contribution >= 0.6 is 0 Å². The minimum Gasteiger partial charge on any atom is -0.468 e. The molecular weight excluding hydrogens is 190 g/mol. The number of carbonyl (C=O) groups is 1. The molecule has 1 aromatic carbocycles. The van der Waals surface area contributed by atoms with Crippen LogP contribution in [0.2, 0.25) is 0 Å². The van der Waals surface area contributed by atoms with Gasteiger partial charge < -0.3 is 9.30 Å². The maximum absolute atomic E-state index is 11.1. The van der Waals surface area contributed by atoms with Crippen LogP contribution in [0.3, 0.4) is 0 Å². The van der Waals surface area contributed by atoms with Crippen molar-refractivity contribution in [3.8, 4) is 0 Å². The van der Waals surface area contributed by atoms with Crippen molar-refractivity contribution < 1.29 is 9.53 Å². The number of carbonyl (C=O) groups excluding carboxylic acids is 1. The fourth-order valence-corrected chi connectivity index (χ4v) is 1.66. The van der Waals surface area contributed by atoms with Gasteiger partial charge in [0.2, 0.25) is 0 Å². The molecule has 0 amide bonds. The van der Waals surface area contributed by atoms with Crippen molar-refractivity contribution in [3.63, 3.8) is 0 Å². The number of hydrogen-bond donors (Lipinski definition) is 0. The van der Waals surface area contributed by atoms with E-state index in [2.05, 4.69) is 17.7 Å². The Morgan fingerprint density at radius 1 is 1.40 bits per heavy atom. The van der Waals surface area contributed by atoms with E-state index in [4.69, 9.17) is 0 Å². The van der Waals surface area contributed by atoms with Gasteiger partial charge in [-0.25, -0.2) is 0 Å². The van der Waals surface area contributed by atoms with E-state index in [0.29, 0.717) is 0 Å². The van der Waals surface area contributed by atoms with Gasteiger partial charge in [-0.2, -0.15) is 0 Å². The van der Waals surface area contributed by atoms with Crippen molar-refractivity contribution in [1.29, 1.82) is 0 Å². The van der Waals surface area contributed by atoms with Crippen molar-refractivity contribution in [2.45, 2.75) is 13.5 Å². The van der Waals surface area contributed by atoms with E-state index in [1.807, 2.05) is 29.0 Å². The van der Waals surface area contributed by atoms with Crippen molar-refractivity contribution in [2.24, 2.45) is 0 Å².